The van der Waals surface area contributed by atoms with Crippen LogP contribution in [0.4, 0.5) is 5.69 Å². The molecule has 2 rings (SSSR count). The standard InChI is InChI=1S/C22H28BrNO3/c1-5-16(4)27-19-9-7-18(8-10-19)24-22(25)20-14-17(23)6-11-21(20)26-13-12-15(2)3/h6-11,14-16H,5,12-13H2,1-4H3,(H,24,25). The molecule has 0 aromatic heterocycles. The number of hydrogen-bond acceptors (Lipinski definition) is 3. The van der Waals surface area contributed by atoms with Gasteiger partial charge in [0, 0.05) is 10.2 Å². The van der Waals surface area contributed by atoms with Crippen LogP contribution in [-0.2, 0) is 0 Å². The highest BCUT2D eigenvalue weighted by Crippen LogP contribution is 2.25. The summed E-state index contributed by atoms with van der Waals surface area (Å²) < 4.78 is 12.4. The molecule has 0 aliphatic rings. The Balaban J connectivity index is 2.07. The fourth-order valence-electron chi connectivity index (χ4n) is 2.34. The molecule has 1 amide bonds. The van der Waals surface area contributed by atoms with Crippen molar-refractivity contribution in [1.29, 1.82) is 0 Å². The number of rotatable bonds is 9. The highest BCUT2D eigenvalue weighted by Gasteiger charge is 2.14. The Morgan fingerprint density at radius 3 is 2.44 bits per heavy atom. The van der Waals surface area contributed by atoms with Gasteiger partial charge in [-0.1, -0.05) is 36.7 Å². The average molecular weight is 434 g/mol. The van der Waals surface area contributed by atoms with Crippen molar-refractivity contribution in [2.75, 3.05) is 11.9 Å². The number of ether oxygens (including phenoxy) is 2. The Kier molecular flexibility index (Phi) is 8.17. The van der Waals surface area contributed by atoms with E-state index in [2.05, 4.69) is 42.0 Å². The first-order valence-corrected chi connectivity index (χ1v) is 10.2. The molecule has 0 bridgehead atoms. The minimum atomic E-state index is -0.202. The monoisotopic (exact) mass is 433 g/mol. The summed E-state index contributed by atoms with van der Waals surface area (Å²) in [5.41, 5.74) is 1.22. The molecular weight excluding hydrogens is 406 g/mol. The number of anilines is 1. The molecule has 2 aromatic carbocycles. The summed E-state index contributed by atoms with van der Waals surface area (Å²) in [6.45, 7) is 8.99. The van der Waals surface area contributed by atoms with Crippen LogP contribution in [0.5, 0.6) is 11.5 Å². The molecule has 27 heavy (non-hydrogen) atoms. The van der Waals surface area contributed by atoms with Crippen LogP contribution in [0.25, 0.3) is 0 Å². The molecule has 146 valence electrons. The molecule has 2 aromatic rings. The number of amides is 1. The van der Waals surface area contributed by atoms with Crippen LogP contribution in [0.15, 0.2) is 46.9 Å². The van der Waals surface area contributed by atoms with Crippen molar-refractivity contribution in [3.8, 4) is 11.5 Å². The molecule has 5 heteroatoms. The zero-order valence-corrected chi connectivity index (χ0v) is 18.0. The summed E-state index contributed by atoms with van der Waals surface area (Å²) in [5, 5.41) is 2.92. The summed E-state index contributed by atoms with van der Waals surface area (Å²) in [6.07, 6.45) is 2.05. The SMILES string of the molecule is CCC(C)Oc1ccc(NC(=O)c2cc(Br)ccc2OCCC(C)C)cc1. The largest absolute Gasteiger partial charge is 0.493 e. The van der Waals surface area contributed by atoms with E-state index in [0.29, 0.717) is 29.5 Å². The molecule has 1 atom stereocenters. The average Bonchev–Trinajstić information content (AvgIpc) is 2.64. The number of carbonyl (C=O) groups excluding carboxylic acids is 1. The lowest BCUT2D eigenvalue weighted by molar-refractivity contribution is 0.102. The molecule has 0 aliphatic carbocycles. The molecular formula is C22H28BrNO3. The number of halogens is 1. The second-order valence-corrected chi connectivity index (χ2v) is 7.90. The van der Waals surface area contributed by atoms with E-state index >= 15 is 0 Å². The van der Waals surface area contributed by atoms with Crippen molar-refractivity contribution < 1.29 is 14.3 Å². The summed E-state index contributed by atoms with van der Waals surface area (Å²) >= 11 is 3.43. The Morgan fingerprint density at radius 2 is 1.81 bits per heavy atom. The van der Waals surface area contributed by atoms with Crippen LogP contribution >= 0.6 is 15.9 Å². The predicted molar refractivity (Wildman–Crippen MR) is 114 cm³/mol. The Morgan fingerprint density at radius 1 is 1.11 bits per heavy atom. The van der Waals surface area contributed by atoms with Crippen LogP contribution < -0.4 is 14.8 Å². The van der Waals surface area contributed by atoms with Crippen LogP contribution in [0.2, 0.25) is 0 Å². The molecule has 0 spiro atoms. The second-order valence-electron chi connectivity index (χ2n) is 6.99. The van der Waals surface area contributed by atoms with Crippen LogP contribution in [0.1, 0.15) is 50.9 Å². The highest BCUT2D eigenvalue weighted by atomic mass is 79.9. The fourth-order valence-corrected chi connectivity index (χ4v) is 2.70. The van der Waals surface area contributed by atoms with Gasteiger partial charge in [-0.25, -0.2) is 0 Å². The number of hydrogen-bond donors (Lipinski definition) is 1. The number of carbonyl (C=O) groups is 1. The molecule has 4 nitrogen and oxygen atoms in total. The van der Waals surface area contributed by atoms with Crippen LogP contribution in [-0.4, -0.2) is 18.6 Å². The first-order valence-electron chi connectivity index (χ1n) is 9.39. The zero-order chi connectivity index (χ0) is 19.8. The maximum Gasteiger partial charge on any atom is 0.259 e. The van der Waals surface area contributed by atoms with E-state index < -0.39 is 0 Å². The lowest BCUT2D eigenvalue weighted by atomic mass is 10.1. The maximum atomic E-state index is 12.7. The Bertz CT molecular complexity index is 744. The van der Waals surface area contributed by atoms with Crippen molar-refractivity contribution in [1.82, 2.24) is 0 Å². The van der Waals surface area contributed by atoms with Crippen molar-refractivity contribution in [3.05, 3.63) is 52.5 Å². The van der Waals surface area contributed by atoms with Gasteiger partial charge >= 0.3 is 0 Å². The van der Waals surface area contributed by atoms with E-state index in [9.17, 15) is 4.79 Å². The van der Waals surface area contributed by atoms with Gasteiger partial charge in [-0.2, -0.15) is 0 Å². The summed E-state index contributed by atoms with van der Waals surface area (Å²) in [5.74, 6) is 1.73. The van der Waals surface area contributed by atoms with Crippen LogP contribution in [0, 0.1) is 5.92 Å². The molecule has 0 saturated carbocycles. The van der Waals surface area contributed by atoms with Crippen molar-refractivity contribution in [2.24, 2.45) is 5.92 Å². The van der Waals surface area contributed by atoms with E-state index in [1.54, 1.807) is 6.07 Å². The van der Waals surface area contributed by atoms with E-state index in [-0.39, 0.29) is 12.0 Å². The number of benzene rings is 2. The van der Waals surface area contributed by atoms with E-state index in [4.69, 9.17) is 9.47 Å². The Hall–Kier alpha value is -2.01. The lowest BCUT2D eigenvalue weighted by Gasteiger charge is -2.14. The molecule has 0 aliphatic heterocycles. The quantitative estimate of drug-likeness (QED) is 0.504. The van der Waals surface area contributed by atoms with E-state index in [0.717, 1.165) is 23.1 Å². The molecule has 0 heterocycles. The molecule has 1 N–H and O–H groups in total. The normalized spacial score (nSPS) is 11.9. The summed E-state index contributed by atoms with van der Waals surface area (Å²) in [7, 11) is 0. The number of nitrogens with one attached hydrogen (secondary N) is 1. The molecule has 0 fully saturated rings. The van der Waals surface area contributed by atoms with Gasteiger partial charge in [0.25, 0.3) is 5.91 Å². The minimum absolute atomic E-state index is 0.164. The highest BCUT2D eigenvalue weighted by molar-refractivity contribution is 9.10. The third kappa shape index (κ3) is 6.90. The van der Waals surface area contributed by atoms with Gasteiger partial charge in [0.2, 0.25) is 0 Å². The van der Waals surface area contributed by atoms with Gasteiger partial charge in [-0.3, -0.25) is 4.79 Å². The fraction of sp³-hybridized carbons (Fsp3) is 0.409. The maximum absolute atomic E-state index is 12.7. The third-order valence-electron chi connectivity index (χ3n) is 4.16. The second kappa shape index (κ2) is 10.4. The molecule has 0 radical (unpaired) electrons. The van der Waals surface area contributed by atoms with Gasteiger partial charge in [0.1, 0.15) is 11.5 Å². The van der Waals surface area contributed by atoms with Crippen LogP contribution in [0.3, 0.4) is 0 Å². The summed E-state index contributed by atoms with van der Waals surface area (Å²) in [4.78, 5) is 12.7. The third-order valence-corrected chi connectivity index (χ3v) is 4.66. The van der Waals surface area contributed by atoms with Gasteiger partial charge in [-0.05, 0) is 68.1 Å². The van der Waals surface area contributed by atoms with Gasteiger partial charge in [0.05, 0.1) is 18.3 Å². The van der Waals surface area contributed by atoms with E-state index in [1.807, 2.05) is 43.3 Å². The first-order chi connectivity index (χ1) is 12.9. The van der Waals surface area contributed by atoms with Crippen molar-refractivity contribution in [3.63, 3.8) is 0 Å². The van der Waals surface area contributed by atoms with Crippen molar-refractivity contribution >= 4 is 27.5 Å². The smallest absolute Gasteiger partial charge is 0.259 e. The predicted octanol–water partition coefficient (Wildman–Crippen LogP) is 6.30. The minimum Gasteiger partial charge on any atom is -0.493 e. The van der Waals surface area contributed by atoms with E-state index in [1.165, 1.54) is 0 Å². The van der Waals surface area contributed by atoms with Gasteiger partial charge < -0.3 is 14.8 Å². The van der Waals surface area contributed by atoms with Gasteiger partial charge in [0.15, 0.2) is 0 Å². The summed E-state index contributed by atoms with van der Waals surface area (Å²) in [6, 6.07) is 12.9. The van der Waals surface area contributed by atoms with Gasteiger partial charge in [-0.15, -0.1) is 0 Å². The molecule has 0 saturated heterocycles. The topological polar surface area (TPSA) is 47.6 Å². The Labute approximate surface area is 170 Å². The van der Waals surface area contributed by atoms with Crippen molar-refractivity contribution in [2.45, 2.75) is 46.6 Å². The zero-order valence-electron chi connectivity index (χ0n) is 16.4. The molecule has 1 unspecified atom stereocenters. The first kappa shape index (κ1) is 21.3. The lowest BCUT2D eigenvalue weighted by Crippen LogP contribution is -2.14.